The van der Waals surface area contributed by atoms with Crippen molar-refractivity contribution in [3.8, 4) is 0 Å². The Labute approximate surface area is 145 Å². The van der Waals surface area contributed by atoms with E-state index in [1.165, 1.54) is 44.2 Å². The molecule has 1 saturated heterocycles. The fourth-order valence-corrected chi connectivity index (χ4v) is 5.54. The molecule has 0 N–H and O–H groups in total. The number of nitrogens with zero attached hydrogens (tertiary/aromatic N) is 3. The van der Waals surface area contributed by atoms with Crippen LogP contribution in [0.3, 0.4) is 0 Å². The zero-order valence-corrected chi connectivity index (χ0v) is 15.0. The number of aryl methyl sites for hydroxylation is 1. The number of hydrogen-bond donors (Lipinski definition) is 0. The molecule has 2 heterocycles. The van der Waals surface area contributed by atoms with E-state index in [0.29, 0.717) is 17.7 Å². The molecule has 2 saturated carbocycles. The van der Waals surface area contributed by atoms with Crippen LogP contribution in [0.2, 0.25) is 0 Å². The van der Waals surface area contributed by atoms with Crippen LogP contribution in [-0.2, 0) is 11.8 Å². The summed E-state index contributed by atoms with van der Waals surface area (Å²) in [6.45, 7) is 1.86. The van der Waals surface area contributed by atoms with Crippen molar-refractivity contribution < 1.29 is 4.79 Å². The molecule has 0 bridgehead atoms. The molecule has 4 nitrogen and oxygen atoms in total. The van der Waals surface area contributed by atoms with Gasteiger partial charge < -0.3 is 4.90 Å². The van der Waals surface area contributed by atoms with Gasteiger partial charge in [0.2, 0.25) is 5.91 Å². The summed E-state index contributed by atoms with van der Waals surface area (Å²) in [6.07, 6.45) is 13.3. The highest BCUT2D eigenvalue weighted by Crippen LogP contribution is 2.43. The van der Waals surface area contributed by atoms with Gasteiger partial charge in [0.15, 0.2) is 0 Å². The molecule has 24 heavy (non-hydrogen) atoms. The summed E-state index contributed by atoms with van der Waals surface area (Å²) in [4.78, 5) is 15.2. The minimum atomic E-state index is 0.317. The molecule has 1 aromatic heterocycles. The van der Waals surface area contributed by atoms with E-state index in [0.717, 1.165) is 44.2 Å². The van der Waals surface area contributed by atoms with Gasteiger partial charge in [0.05, 0.1) is 0 Å². The Morgan fingerprint density at radius 2 is 1.79 bits per heavy atom. The van der Waals surface area contributed by atoms with Crippen LogP contribution in [0.15, 0.2) is 12.3 Å². The number of amides is 1. The van der Waals surface area contributed by atoms with Crippen LogP contribution in [-0.4, -0.2) is 33.7 Å². The second kappa shape index (κ2) is 6.89. The molecule has 4 heteroatoms. The molecular weight excluding hydrogens is 298 g/mol. The largest absolute Gasteiger partial charge is 0.342 e. The average Bonchev–Trinajstić information content (AvgIpc) is 3.07. The van der Waals surface area contributed by atoms with Crippen molar-refractivity contribution in [2.75, 3.05) is 13.1 Å². The number of piperidine rings is 1. The Balaban J connectivity index is 1.32. The van der Waals surface area contributed by atoms with Gasteiger partial charge in [-0.05, 0) is 50.0 Å². The van der Waals surface area contributed by atoms with E-state index < -0.39 is 0 Å². The topological polar surface area (TPSA) is 38.1 Å². The van der Waals surface area contributed by atoms with E-state index in [9.17, 15) is 4.79 Å². The minimum Gasteiger partial charge on any atom is -0.342 e. The first-order valence-electron chi connectivity index (χ1n) is 9.99. The lowest BCUT2D eigenvalue weighted by atomic mass is 9.67. The van der Waals surface area contributed by atoms with E-state index in [4.69, 9.17) is 0 Å². The van der Waals surface area contributed by atoms with Gasteiger partial charge in [-0.25, -0.2) is 0 Å². The lowest BCUT2D eigenvalue weighted by Crippen LogP contribution is -2.43. The highest BCUT2D eigenvalue weighted by atomic mass is 16.2. The Morgan fingerprint density at radius 1 is 1.04 bits per heavy atom. The van der Waals surface area contributed by atoms with Crippen LogP contribution in [0.1, 0.15) is 69.4 Å². The van der Waals surface area contributed by atoms with Crippen LogP contribution in [0.5, 0.6) is 0 Å². The molecule has 1 aliphatic heterocycles. The highest BCUT2D eigenvalue weighted by Gasteiger charge is 2.37. The summed E-state index contributed by atoms with van der Waals surface area (Å²) in [6, 6.07) is 2.13. The van der Waals surface area contributed by atoms with E-state index in [1.54, 1.807) is 0 Å². The number of likely N-dealkylation sites (tertiary alicyclic amines) is 1. The summed E-state index contributed by atoms with van der Waals surface area (Å²) < 4.78 is 1.99. The summed E-state index contributed by atoms with van der Waals surface area (Å²) >= 11 is 0. The minimum absolute atomic E-state index is 0.317. The van der Waals surface area contributed by atoms with Crippen LogP contribution in [0.25, 0.3) is 0 Å². The third-order valence-electron chi connectivity index (χ3n) is 6.97. The zero-order chi connectivity index (χ0) is 16.5. The number of aromatic nitrogens is 2. The maximum absolute atomic E-state index is 13.0. The molecule has 3 atom stereocenters. The molecule has 0 spiro atoms. The van der Waals surface area contributed by atoms with Gasteiger partial charge in [0.25, 0.3) is 0 Å². The second-order valence-electron chi connectivity index (χ2n) is 8.29. The van der Waals surface area contributed by atoms with Crippen molar-refractivity contribution >= 4 is 5.91 Å². The fraction of sp³-hybridized carbons (Fsp3) is 0.800. The first kappa shape index (κ1) is 16.2. The van der Waals surface area contributed by atoms with Gasteiger partial charge in [-0.3, -0.25) is 9.48 Å². The van der Waals surface area contributed by atoms with E-state index in [2.05, 4.69) is 16.1 Å². The monoisotopic (exact) mass is 329 g/mol. The number of fused-ring (bicyclic) bond motifs is 1. The summed E-state index contributed by atoms with van der Waals surface area (Å²) in [5.74, 6) is 3.11. The molecule has 4 rings (SSSR count). The van der Waals surface area contributed by atoms with Gasteiger partial charge in [0.1, 0.15) is 0 Å². The molecule has 3 fully saturated rings. The second-order valence-corrected chi connectivity index (χ2v) is 8.29. The summed E-state index contributed by atoms with van der Waals surface area (Å²) in [5, 5.41) is 4.29. The van der Waals surface area contributed by atoms with E-state index in [1.807, 2.05) is 17.9 Å². The molecule has 0 unspecified atom stereocenters. The third-order valence-corrected chi connectivity index (χ3v) is 6.97. The maximum Gasteiger partial charge on any atom is 0.225 e. The predicted octanol–water partition coefficient (Wildman–Crippen LogP) is 3.73. The van der Waals surface area contributed by atoms with Crippen LogP contribution in [0.4, 0.5) is 0 Å². The summed E-state index contributed by atoms with van der Waals surface area (Å²) in [7, 11) is 2.02. The van der Waals surface area contributed by atoms with E-state index >= 15 is 0 Å². The predicted molar refractivity (Wildman–Crippen MR) is 94.6 cm³/mol. The molecule has 1 amide bonds. The van der Waals surface area contributed by atoms with Crippen LogP contribution >= 0.6 is 0 Å². The van der Waals surface area contributed by atoms with Crippen LogP contribution < -0.4 is 0 Å². The standard InChI is InChI=1S/C20H31N3O/c1-22-19(8-11-21-22)16-9-12-23(13-10-16)20(24)18-7-6-15-4-2-3-5-17(15)14-18/h8,11,15-18H,2-7,9-10,12-14H2,1H3/t15-,17-,18-/m1/s1. The number of rotatable bonds is 2. The average molecular weight is 329 g/mol. The maximum atomic E-state index is 13.0. The Bertz CT molecular complexity index is 573. The number of carbonyl (C=O) groups excluding carboxylic acids is 1. The molecule has 0 aromatic carbocycles. The Morgan fingerprint density at radius 3 is 2.50 bits per heavy atom. The van der Waals surface area contributed by atoms with Crippen molar-refractivity contribution in [3.63, 3.8) is 0 Å². The quantitative estimate of drug-likeness (QED) is 0.829. The normalized spacial score (nSPS) is 31.7. The van der Waals surface area contributed by atoms with Crippen molar-refractivity contribution in [1.29, 1.82) is 0 Å². The van der Waals surface area contributed by atoms with Crippen molar-refractivity contribution in [3.05, 3.63) is 18.0 Å². The molecule has 2 aliphatic carbocycles. The van der Waals surface area contributed by atoms with Crippen molar-refractivity contribution in [2.24, 2.45) is 24.8 Å². The first-order chi connectivity index (χ1) is 11.7. The number of carbonyl (C=O) groups is 1. The summed E-state index contributed by atoms with van der Waals surface area (Å²) in [5.41, 5.74) is 1.32. The van der Waals surface area contributed by atoms with Crippen LogP contribution in [0, 0.1) is 17.8 Å². The number of hydrogen-bond acceptors (Lipinski definition) is 2. The molecular formula is C20H31N3O. The van der Waals surface area contributed by atoms with Gasteiger partial charge in [-0.2, -0.15) is 5.10 Å². The molecule has 0 radical (unpaired) electrons. The third kappa shape index (κ3) is 3.12. The smallest absolute Gasteiger partial charge is 0.225 e. The molecule has 1 aromatic rings. The van der Waals surface area contributed by atoms with Crippen molar-refractivity contribution in [2.45, 2.75) is 63.7 Å². The fourth-order valence-electron chi connectivity index (χ4n) is 5.54. The van der Waals surface area contributed by atoms with Gasteiger partial charge >= 0.3 is 0 Å². The van der Waals surface area contributed by atoms with Gasteiger partial charge in [-0.15, -0.1) is 0 Å². The SMILES string of the molecule is Cn1nccc1C1CCN(C(=O)[C@@H]2CC[C@H]3CCCC[C@@H]3C2)CC1. The lowest BCUT2D eigenvalue weighted by molar-refractivity contribution is -0.139. The van der Waals surface area contributed by atoms with Crippen molar-refractivity contribution in [1.82, 2.24) is 14.7 Å². The lowest BCUT2D eigenvalue weighted by Gasteiger charge is -2.41. The Hall–Kier alpha value is -1.32. The molecule has 3 aliphatic rings. The van der Waals surface area contributed by atoms with Gasteiger partial charge in [-0.1, -0.05) is 25.7 Å². The zero-order valence-electron chi connectivity index (χ0n) is 15.0. The highest BCUT2D eigenvalue weighted by molar-refractivity contribution is 5.79. The Kier molecular flexibility index (Phi) is 4.64. The van der Waals surface area contributed by atoms with E-state index in [-0.39, 0.29) is 0 Å². The van der Waals surface area contributed by atoms with Gasteiger partial charge in [0, 0.05) is 43.9 Å². The first-order valence-corrected chi connectivity index (χ1v) is 9.99. The molecule has 132 valence electrons.